The second-order valence-corrected chi connectivity index (χ2v) is 18.4. The van der Waals surface area contributed by atoms with Crippen molar-refractivity contribution < 1.29 is 36.3 Å². The first-order chi connectivity index (χ1) is 29.3. The van der Waals surface area contributed by atoms with E-state index < -0.39 is 33.2 Å². The Morgan fingerprint density at radius 1 is 0.951 bits per heavy atom. The van der Waals surface area contributed by atoms with E-state index in [9.17, 15) is 22.8 Å². The van der Waals surface area contributed by atoms with Gasteiger partial charge in [-0.05, 0) is 105 Å². The summed E-state index contributed by atoms with van der Waals surface area (Å²) in [5.41, 5.74) is 0.563. The first kappa shape index (κ1) is 43.5. The molecule has 2 N–H and O–H groups in total. The van der Waals surface area contributed by atoms with Crippen molar-refractivity contribution in [1.82, 2.24) is 30.2 Å². The van der Waals surface area contributed by atoms with Crippen molar-refractivity contribution in [2.75, 3.05) is 65.4 Å². The molecule has 4 aromatic rings. The summed E-state index contributed by atoms with van der Waals surface area (Å²) in [7, 11) is 0.431. The predicted molar refractivity (Wildman–Crippen MR) is 226 cm³/mol. The van der Waals surface area contributed by atoms with Gasteiger partial charge >= 0.3 is 6.09 Å². The fraction of sp³-hybridized carbons (Fsp3) is 0.422. The Bertz CT molecular complexity index is 2350. The Morgan fingerprint density at radius 2 is 1.70 bits per heavy atom. The van der Waals surface area contributed by atoms with E-state index in [4.69, 9.17) is 9.84 Å². The topological polar surface area (TPSA) is 146 Å². The summed E-state index contributed by atoms with van der Waals surface area (Å²) >= 11 is 0. The monoisotopic (exact) mass is 857 g/mol. The number of piperidine rings is 1. The molecule has 0 radical (unpaired) electrons. The minimum absolute atomic E-state index is 0.0567. The number of sulfone groups is 1. The van der Waals surface area contributed by atoms with Crippen molar-refractivity contribution in [2.45, 2.75) is 53.5 Å². The van der Waals surface area contributed by atoms with Gasteiger partial charge in [-0.1, -0.05) is 30.7 Å². The molecule has 324 valence electrons. The van der Waals surface area contributed by atoms with Crippen LogP contribution in [0, 0.1) is 29.4 Å². The van der Waals surface area contributed by atoms with Gasteiger partial charge in [0.2, 0.25) is 15.7 Å². The van der Waals surface area contributed by atoms with E-state index in [1.165, 1.54) is 66.6 Å². The zero-order chi connectivity index (χ0) is 43.3. The summed E-state index contributed by atoms with van der Waals surface area (Å²) in [5.74, 6) is -1.41. The van der Waals surface area contributed by atoms with Crippen LogP contribution in [0.2, 0.25) is 0 Å². The molecule has 0 spiro atoms. The predicted octanol–water partition coefficient (Wildman–Crippen LogP) is 5.49. The maximum Gasteiger partial charge on any atom is 0.407 e. The van der Waals surface area contributed by atoms with Gasteiger partial charge in [0.1, 0.15) is 11.6 Å². The summed E-state index contributed by atoms with van der Waals surface area (Å²) in [4.78, 5) is 42.3. The Morgan fingerprint density at radius 3 is 2.39 bits per heavy atom. The van der Waals surface area contributed by atoms with Gasteiger partial charge < -0.3 is 30.1 Å². The smallest absolute Gasteiger partial charge is 0.407 e. The molecule has 3 fully saturated rings. The van der Waals surface area contributed by atoms with Crippen LogP contribution in [0.25, 0.3) is 0 Å². The number of nitrogens with one attached hydrogen (secondary N) is 2. The van der Waals surface area contributed by atoms with E-state index in [-0.39, 0.29) is 57.4 Å². The van der Waals surface area contributed by atoms with Gasteiger partial charge in [0, 0.05) is 82.2 Å². The van der Waals surface area contributed by atoms with Gasteiger partial charge in [0.25, 0.3) is 5.91 Å². The van der Waals surface area contributed by atoms with Crippen molar-refractivity contribution in [3.05, 3.63) is 120 Å². The molecule has 3 heterocycles. The van der Waals surface area contributed by atoms with Gasteiger partial charge in [-0.3, -0.25) is 14.3 Å². The number of anilines is 1. The molecule has 3 aromatic carbocycles. The number of likely N-dealkylation sites (N-methyl/N-ethyl adjacent to an activating group) is 1. The lowest BCUT2D eigenvalue weighted by Crippen LogP contribution is -2.58. The first-order valence-electron chi connectivity index (χ1n) is 20.7. The molecule has 1 aliphatic carbocycles. The Balaban J connectivity index is 0.983. The van der Waals surface area contributed by atoms with Gasteiger partial charge in [-0.2, -0.15) is 5.10 Å². The van der Waals surface area contributed by atoms with Crippen LogP contribution >= 0.6 is 0 Å². The zero-order valence-electron chi connectivity index (χ0n) is 34.7. The van der Waals surface area contributed by atoms with E-state index in [1.807, 2.05) is 27.9 Å². The number of benzene rings is 3. The second-order valence-electron chi connectivity index (χ2n) is 16.4. The molecule has 61 heavy (non-hydrogen) atoms. The van der Waals surface area contributed by atoms with Crippen LogP contribution in [0.5, 0.6) is 0 Å². The van der Waals surface area contributed by atoms with Crippen LogP contribution in [0.3, 0.4) is 0 Å². The highest BCUT2D eigenvalue weighted by Crippen LogP contribution is 2.51. The molecule has 1 unspecified atom stereocenters. The SMILES string of the molecule is COC(=O)N[C@H]1CCC[C@@H]1C(c1cccc(F)c1)(C1CCN(CC2CN(c3ccc(S(=O)(=O)c4cccc(C(=O)NC/C=C/C(=O)N(C)C)c4)cc3F)C2)CC1)n1cccn1. The number of nitrogens with zero attached hydrogens (tertiary/aromatic N) is 5. The summed E-state index contributed by atoms with van der Waals surface area (Å²) in [6.07, 6.45) is 10.2. The molecule has 16 heteroatoms. The van der Waals surface area contributed by atoms with Crippen LogP contribution in [0.4, 0.5) is 19.3 Å². The van der Waals surface area contributed by atoms with E-state index in [0.717, 1.165) is 63.4 Å². The van der Waals surface area contributed by atoms with E-state index in [1.54, 1.807) is 32.4 Å². The average molecular weight is 858 g/mol. The highest BCUT2D eigenvalue weighted by atomic mass is 32.2. The van der Waals surface area contributed by atoms with Crippen LogP contribution in [0.1, 0.15) is 48.0 Å². The van der Waals surface area contributed by atoms with Crippen LogP contribution in [-0.2, 0) is 24.9 Å². The fourth-order valence-electron chi connectivity index (χ4n) is 9.55. The molecular weight excluding hydrogens is 805 g/mol. The molecular formula is C45H53F2N7O6S. The number of carbonyl (C=O) groups is 3. The molecule has 2 saturated heterocycles. The molecule has 3 aliphatic rings. The minimum atomic E-state index is -4.15. The van der Waals surface area contributed by atoms with Gasteiger partial charge in [0.15, 0.2) is 0 Å². The number of hydrogen-bond donors (Lipinski definition) is 2. The maximum absolute atomic E-state index is 15.6. The lowest BCUT2D eigenvalue weighted by molar-refractivity contribution is -0.123. The van der Waals surface area contributed by atoms with Crippen molar-refractivity contribution >= 4 is 33.4 Å². The van der Waals surface area contributed by atoms with E-state index >= 15 is 8.78 Å². The Hall–Kier alpha value is -5.61. The molecule has 0 bridgehead atoms. The van der Waals surface area contributed by atoms with Crippen LogP contribution in [0.15, 0.2) is 107 Å². The summed E-state index contributed by atoms with van der Waals surface area (Å²) in [5, 5.41) is 10.5. The normalized spacial score (nSPS) is 19.9. The summed E-state index contributed by atoms with van der Waals surface area (Å²) < 4.78 is 64.8. The van der Waals surface area contributed by atoms with Gasteiger partial charge in [0.05, 0.1) is 28.1 Å². The number of rotatable bonds is 14. The fourth-order valence-corrected chi connectivity index (χ4v) is 10.9. The van der Waals surface area contributed by atoms with E-state index in [2.05, 4.69) is 15.5 Å². The molecule has 3 amide bonds. The average Bonchev–Trinajstić information content (AvgIpc) is 3.95. The third kappa shape index (κ3) is 9.20. The lowest BCUT2D eigenvalue weighted by atomic mass is 9.64. The quantitative estimate of drug-likeness (QED) is 0.158. The molecule has 2 aliphatic heterocycles. The molecule has 13 nitrogen and oxygen atoms in total. The largest absolute Gasteiger partial charge is 0.453 e. The van der Waals surface area contributed by atoms with Crippen molar-refractivity contribution in [3.8, 4) is 0 Å². The number of methoxy groups -OCH3 is 1. The molecule has 7 rings (SSSR count). The van der Waals surface area contributed by atoms with Crippen molar-refractivity contribution in [3.63, 3.8) is 0 Å². The lowest BCUT2D eigenvalue weighted by Gasteiger charge is -2.51. The highest BCUT2D eigenvalue weighted by molar-refractivity contribution is 7.91. The van der Waals surface area contributed by atoms with Crippen molar-refractivity contribution in [1.29, 1.82) is 0 Å². The van der Waals surface area contributed by atoms with Crippen molar-refractivity contribution in [2.24, 2.45) is 17.8 Å². The minimum Gasteiger partial charge on any atom is -0.453 e. The Kier molecular flexibility index (Phi) is 13.2. The third-order valence-electron chi connectivity index (χ3n) is 12.5. The first-order valence-corrected chi connectivity index (χ1v) is 22.2. The Labute approximate surface area is 355 Å². The van der Waals surface area contributed by atoms with Gasteiger partial charge in [-0.15, -0.1) is 0 Å². The number of halogens is 2. The highest BCUT2D eigenvalue weighted by Gasteiger charge is 2.54. The summed E-state index contributed by atoms with van der Waals surface area (Å²) in [6.45, 7) is 3.73. The number of alkyl carbamates (subject to hydrolysis) is 1. The maximum atomic E-state index is 15.6. The van der Waals surface area contributed by atoms with Gasteiger partial charge in [-0.25, -0.2) is 22.0 Å². The molecule has 3 atom stereocenters. The van der Waals surface area contributed by atoms with E-state index in [0.29, 0.717) is 18.8 Å². The van der Waals surface area contributed by atoms with Crippen LogP contribution < -0.4 is 15.5 Å². The molecule has 1 aromatic heterocycles. The standard InChI is InChI=1S/C45H53F2N7O6S/c1-51(2)42(55)15-7-20-48-43(56)32-9-4-12-36(25-32)61(58,59)37-16-17-41(39(47)27-37)53-29-31(30-53)28-52-23-18-33(19-24-52)45(54-22-8-21-49-54,34-10-5-11-35(46)26-34)38-13-6-14-40(38)50-44(57)60-3/h4-5,7-12,15-17,21-22,25-27,31,33,38,40H,6,13-14,18-20,23-24,28-30H2,1-3H3,(H,48,56)(H,50,57)/b15-7+/t38-,40-,45?/m0/s1. The second kappa shape index (κ2) is 18.6. The zero-order valence-corrected chi connectivity index (χ0v) is 35.5. The number of amides is 3. The number of ether oxygens (including phenoxy) is 1. The number of likely N-dealkylation sites (tertiary alicyclic amines) is 1. The van der Waals surface area contributed by atoms with Crippen LogP contribution in [-0.4, -0.2) is 112 Å². The summed E-state index contributed by atoms with van der Waals surface area (Å²) in [6, 6.07) is 18.0. The third-order valence-corrected chi connectivity index (χ3v) is 14.2. The molecule has 1 saturated carbocycles. The number of hydrogen-bond acceptors (Lipinski definition) is 9. The number of aromatic nitrogens is 2. The number of carbonyl (C=O) groups excluding carboxylic acids is 3.